The van der Waals surface area contributed by atoms with Crippen molar-refractivity contribution < 1.29 is 14.0 Å². The zero-order valence-electron chi connectivity index (χ0n) is 13.0. The van der Waals surface area contributed by atoms with Gasteiger partial charge in [-0.05, 0) is 48.9 Å². The third-order valence-electron chi connectivity index (χ3n) is 3.38. The van der Waals surface area contributed by atoms with E-state index in [0.29, 0.717) is 5.02 Å². The molecule has 0 heterocycles. The van der Waals surface area contributed by atoms with E-state index >= 15 is 0 Å². The molecule has 124 valence electrons. The fourth-order valence-corrected chi connectivity index (χ4v) is 2.21. The quantitative estimate of drug-likeness (QED) is 0.801. The van der Waals surface area contributed by atoms with Crippen LogP contribution in [0.25, 0.3) is 0 Å². The lowest BCUT2D eigenvalue weighted by molar-refractivity contribution is -0.111. The molecule has 0 saturated carbocycles. The van der Waals surface area contributed by atoms with Crippen molar-refractivity contribution in [2.24, 2.45) is 0 Å². The van der Waals surface area contributed by atoms with Crippen molar-refractivity contribution in [3.8, 4) is 0 Å². The van der Waals surface area contributed by atoms with E-state index in [-0.39, 0.29) is 17.3 Å². The third-order valence-corrected chi connectivity index (χ3v) is 3.64. The highest BCUT2D eigenvalue weighted by Crippen LogP contribution is 2.19. The monoisotopic (exact) mass is 346 g/mol. The van der Waals surface area contributed by atoms with E-state index in [1.54, 1.807) is 31.2 Å². The van der Waals surface area contributed by atoms with Gasteiger partial charge in [0, 0.05) is 10.7 Å². The number of carbonyl (C=O) groups is 2. The summed E-state index contributed by atoms with van der Waals surface area (Å²) in [4.78, 5) is 23.4. The smallest absolute Gasteiger partial charge is 0.254 e. The number of nitrogens with one attached hydrogen (secondary N) is 2. The van der Waals surface area contributed by atoms with E-state index in [0.717, 1.165) is 17.7 Å². The lowest BCUT2D eigenvalue weighted by Gasteiger charge is -2.15. The molecule has 2 rings (SSSR count). The molecule has 0 aromatic heterocycles. The standard InChI is InChI=1S/C18H16ClFN2O2/c1-3-17(23)22-14-8-9-15(16(20)10-14)18(24)21-11(2)12-4-6-13(19)7-5-12/h3-11H,1H2,2H3,(H,21,24)(H,22,23)/t11-/m0/s1. The highest BCUT2D eigenvalue weighted by atomic mass is 35.5. The summed E-state index contributed by atoms with van der Waals surface area (Å²) < 4.78 is 14.1. The van der Waals surface area contributed by atoms with E-state index < -0.39 is 17.6 Å². The summed E-state index contributed by atoms with van der Waals surface area (Å²) in [5.41, 5.74) is 0.995. The van der Waals surface area contributed by atoms with E-state index in [9.17, 15) is 14.0 Å². The van der Waals surface area contributed by atoms with Gasteiger partial charge in [-0.1, -0.05) is 30.3 Å². The minimum Gasteiger partial charge on any atom is -0.345 e. The Balaban J connectivity index is 2.10. The average Bonchev–Trinajstić information content (AvgIpc) is 2.55. The van der Waals surface area contributed by atoms with Gasteiger partial charge in [0.15, 0.2) is 0 Å². The van der Waals surface area contributed by atoms with Gasteiger partial charge >= 0.3 is 0 Å². The number of benzene rings is 2. The SMILES string of the molecule is C=CC(=O)Nc1ccc(C(=O)N[C@@H](C)c2ccc(Cl)cc2)c(F)c1. The highest BCUT2D eigenvalue weighted by Gasteiger charge is 2.16. The van der Waals surface area contributed by atoms with Crippen LogP contribution in [-0.2, 0) is 4.79 Å². The van der Waals surface area contributed by atoms with Crippen molar-refractivity contribution in [2.75, 3.05) is 5.32 Å². The Morgan fingerprint density at radius 1 is 1.21 bits per heavy atom. The van der Waals surface area contributed by atoms with E-state index in [1.165, 1.54) is 12.1 Å². The Morgan fingerprint density at radius 3 is 2.46 bits per heavy atom. The summed E-state index contributed by atoms with van der Waals surface area (Å²) in [6.45, 7) is 5.10. The summed E-state index contributed by atoms with van der Waals surface area (Å²) in [7, 11) is 0. The van der Waals surface area contributed by atoms with Gasteiger partial charge in [-0.25, -0.2) is 4.39 Å². The second kappa shape index (κ2) is 7.75. The minimum atomic E-state index is -0.724. The zero-order chi connectivity index (χ0) is 17.7. The molecule has 2 aromatic rings. The number of hydrogen-bond donors (Lipinski definition) is 2. The van der Waals surface area contributed by atoms with Crippen molar-refractivity contribution in [3.63, 3.8) is 0 Å². The van der Waals surface area contributed by atoms with Crippen LogP contribution >= 0.6 is 11.6 Å². The summed E-state index contributed by atoms with van der Waals surface area (Å²) in [6, 6.07) is 10.6. The average molecular weight is 347 g/mol. The fraction of sp³-hybridized carbons (Fsp3) is 0.111. The molecular weight excluding hydrogens is 331 g/mol. The second-order valence-corrected chi connectivity index (χ2v) is 5.57. The largest absolute Gasteiger partial charge is 0.345 e. The molecule has 2 N–H and O–H groups in total. The predicted molar refractivity (Wildman–Crippen MR) is 92.6 cm³/mol. The van der Waals surface area contributed by atoms with Crippen LogP contribution in [0.4, 0.5) is 10.1 Å². The molecule has 24 heavy (non-hydrogen) atoms. The van der Waals surface area contributed by atoms with Crippen molar-refractivity contribution in [1.82, 2.24) is 5.32 Å². The molecule has 1 atom stereocenters. The predicted octanol–water partition coefficient (Wildman–Crippen LogP) is 4.09. The van der Waals surface area contributed by atoms with Crippen LogP contribution in [0.1, 0.15) is 28.9 Å². The normalized spacial score (nSPS) is 11.5. The van der Waals surface area contributed by atoms with E-state index in [2.05, 4.69) is 17.2 Å². The van der Waals surface area contributed by atoms with E-state index in [1.807, 2.05) is 0 Å². The number of hydrogen-bond acceptors (Lipinski definition) is 2. The molecule has 0 saturated heterocycles. The van der Waals surface area contributed by atoms with Crippen LogP contribution in [0.2, 0.25) is 5.02 Å². The van der Waals surface area contributed by atoms with Gasteiger partial charge in [0.1, 0.15) is 5.82 Å². The maximum Gasteiger partial charge on any atom is 0.254 e. The lowest BCUT2D eigenvalue weighted by Crippen LogP contribution is -2.27. The molecule has 0 aliphatic rings. The molecule has 0 unspecified atom stereocenters. The van der Waals surface area contributed by atoms with Crippen LogP contribution in [0, 0.1) is 5.82 Å². The Labute approximate surface area is 144 Å². The van der Waals surface area contributed by atoms with Gasteiger partial charge in [0.25, 0.3) is 5.91 Å². The number of halogens is 2. The molecule has 0 radical (unpaired) electrons. The summed E-state index contributed by atoms with van der Waals surface area (Å²) >= 11 is 5.83. The molecule has 0 aliphatic carbocycles. The summed E-state index contributed by atoms with van der Waals surface area (Å²) in [5, 5.41) is 5.75. The van der Waals surface area contributed by atoms with Gasteiger partial charge in [0.05, 0.1) is 11.6 Å². The maximum atomic E-state index is 14.1. The van der Waals surface area contributed by atoms with Gasteiger partial charge in [0.2, 0.25) is 5.91 Å². The molecule has 0 spiro atoms. The number of anilines is 1. The first-order chi connectivity index (χ1) is 11.4. The Bertz CT molecular complexity index is 775. The third kappa shape index (κ3) is 4.43. The van der Waals surface area contributed by atoms with Gasteiger partial charge < -0.3 is 10.6 Å². The Kier molecular flexibility index (Phi) is 5.71. The van der Waals surface area contributed by atoms with Gasteiger partial charge in [-0.2, -0.15) is 0 Å². The van der Waals surface area contributed by atoms with Gasteiger partial charge in [-0.3, -0.25) is 9.59 Å². The molecule has 2 amide bonds. The lowest BCUT2D eigenvalue weighted by atomic mass is 10.1. The first-order valence-electron chi connectivity index (χ1n) is 7.20. The molecular formula is C18H16ClFN2O2. The highest BCUT2D eigenvalue weighted by molar-refractivity contribution is 6.30. The molecule has 0 fully saturated rings. The second-order valence-electron chi connectivity index (χ2n) is 5.13. The summed E-state index contributed by atoms with van der Waals surface area (Å²) in [5.74, 6) is -1.72. The van der Waals surface area contributed by atoms with Crippen LogP contribution < -0.4 is 10.6 Å². The van der Waals surface area contributed by atoms with Crippen LogP contribution in [-0.4, -0.2) is 11.8 Å². The Hall–Kier alpha value is -2.66. The van der Waals surface area contributed by atoms with E-state index in [4.69, 9.17) is 11.6 Å². The van der Waals surface area contributed by atoms with Crippen LogP contribution in [0.5, 0.6) is 0 Å². The van der Waals surface area contributed by atoms with Crippen molar-refractivity contribution in [1.29, 1.82) is 0 Å². The summed E-state index contributed by atoms with van der Waals surface area (Å²) in [6.07, 6.45) is 1.08. The number of amides is 2. The molecule has 4 nitrogen and oxygen atoms in total. The van der Waals surface area contributed by atoms with Crippen LogP contribution in [0.3, 0.4) is 0 Å². The van der Waals surface area contributed by atoms with Crippen LogP contribution in [0.15, 0.2) is 55.1 Å². The zero-order valence-corrected chi connectivity index (χ0v) is 13.7. The van der Waals surface area contributed by atoms with Crippen molar-refractivity contribution >= 4 is 29.1 Å². The maximum absolute atomic E-state index is 14.1. The minimum absolute atomic E-state index is 0.104. The van der Waals surface area contributed by atoms with Gasteiger partial charge in [-0.15, -0.1) is 0 Å². The molecule has 6 heteroatoms. The fourth-order valence-electron chi connectivity index (χ4n) is 2.08. The molecule has 2 aromatic carbocycles. The molecule has 0 aliphatic heterocycles. The number of rotatable bonds is 5. The first-order valence-corrected chi connectivity index (χ1v) is 7.58. The van der Waals surface area contributed by atoms with Crippen molar-refractivity contribution in [2.45, 2.75) is 13.0 Å². The topological polar surface area (TPSA) is 58.2 Å². The van der Waals surface area contributed by atoms with Crippen molar-refractivity contribution in [3.05, 3.63) is 77.1 Å². The Morgan fingerprint density at radius 2 is 1.88 bits per heavy atom. The first kappa shape index (κ1) is 17.7. The molecule has 0 bridgehead atoms. The number of carbonyl (C=O) groups excluding carboxylic acids is 2.